The van der Waals surface area contributed by atoms with Crippen molar-refractivity contribution in [3.05, 3.63) is 59.1 Å². The second kappa shape index (κ2) is 14.6. The van der Waals surface area contributed by atoms with E-state index < -0.39 is 0 Å². The first-order chi connectivity index (χ1) is 12.2. The molecule has 0 fully saturated rings. The number of carbonyl (C=O) groups is 1. The second-order valence-electron chi connectivity index (χ2n) is 6.03. The van der Waals surface area contributed by atoms with Crippen LogP contribution in [0.1, 0.15) is 37.7 Å². The Morgan fingerprint density at radius 2 is 1.63 bits per heavy atom. The van der Waals surface area contributed by atoms with E-state index in [4.69, 9.17) is 17.3 Å². The van der Waals surface area contributed by atoms with E-state index >= 15 is 0 Å². The van der Waals surface area contributed by atoms with Gasteiger partial charge in [0, 0.05) is 18.0 Å². The molecule has 4 N–H and O–H groups in total. The van der Waals surface area contributed by atoms with Gasteiger partial charge in [0.2, 0.25) is 5.91 Å². The first-order valence-electron chi connectivity index (χ1n) is 8.76. The quantitative estimate of drug-likeness (QED) is 0.425. The van der Waals surface area contributed by atoms with Crippen LogP contribution in [0.2, 0.25) is 5.02 Å². The number of hydrogen-bond acceptors (Lipinski definition) is 3. The summed E-state index contributed by atoms with van der Waals surface area (Å²) in [5.74, 6) is 0.0118. The standard InChI is InChI=1S/C20H26ClN3O.2ClH/c21-17-11-12-18(23-15-16-8-4-3-5-9-16)19(14-17)24-20(25)10-6-1-2-7-13-22;;/h3-5,8-9,11-12,14,23H,1-2,6-7,10,13,15,22H2,(H,24,25);2*1H. The number of nitrogens with one attached hydrogen (secondary N) is 2. The number of rotatable bonds is 10. The van der Waals surface area contributed by atoms with Gasteiger partial charge in [-0.3, -0.25) is 4.79 Å². The van der Waals surface area contributed by atoms with Gasteiger partial charge in [-0.05, 0) is 43.1 Å². The van der Waals surface area contributed by atoms with Crippen molar-refractivity contribution in [2.24, 2.45) is 5.73 Å². The molecule has 0 aromatic heterocycles. The third-order valence-electron chi connectivity index (χ3n) is 3.94. The third-order valence-corrected chi connectivity index (χ3v) is 4.17. The fraction of sp³-hybridized carbons (Fsp3) is 0.350. The Labute approximate surface area is 179 Å². The maximum atomic E-state index is 12.2. The van der Waals surface area contributed by atoms with Crippen molar-refractivity contribution in [1.82, 2.24) is 0 Å². The number of amides is 1. The number of hydrogen-bond donors (Lipinski definition) is 3. The van der Waals surface area contributed by atoms with E-state index in [9.17, 15) is 4.79 Å². The van der Waals surface area contributed by atoms with Gasteiger partial charge in [0.1, 0.15) is 0 Å². The van der Waals surface area contributed by atoms with Crippen LogP contribution in [0.4, 0.5) is 11.4 Å². The summed E-state index contributed by atoms with van der Waals surface area (Å²) in [6.07, 6.45) is 4.50. The first kappa shape index (κ1) is 25.5. The lowest BCUT2D eigenvalue weighted by atomic mass is 10.1. The van der Waals surface area contributed by atoms with Crippen LogP contribution in [0.25, 0.3) is 0 Å². The van der Waals surface area contributed by atoms with Crippen LogP contribution in [-0.2, 0) is 11.3 Å². The van der Waals surface area contributed by atoms with Gasteiger partial charge in [0.05, 0.1) is 11.4 Å². The van der Waals surface area contributed by atoms with Crippen molar-refractivity contribution in [2.75, 3.05) is 17.2 Å². The number of nitrogens with two attached hydrogens (primary N) is 1. The summed E-state index contributed by atoms with van der Waals surface area (Å²) in [7, 11) is 0. The third kappa shape index (κ3) is 9.87. The molecule has 0 saturated carbocycles. The Morgan fingerprint density at radius 3 is 2.33 bits per heavy atom. The van der Waals surface area contributed by atoms with Gasteiger partial charge >= 0.3 is 0 Å². The highest BCUT2D eigenvalue weighted by Gasteiger charge is 2.08. The fourth-order valence-electron chi connectivity index (χ4n) is 2.56. The maximum Gasteiger partial charge on any atom is 0.224 e. The van der Waals surface area contributed by atoms with Crippen LogP contribution in [0.5, 0.6) is 0 Å². The molecule has 2 aromatic carbocycles. The Balaban J connectivity index is 0.00000338. The van der Waals surface area contributed by atoms with Crippen molar-refractivity contribution in [1.29, 1.82) is 0 Å². The summed E-state index contributed by atoms with van der Waals surface area (Å²) in [5, 5.41) is 6.93. The van der Waals surface area contributed by atoms with Gasteiger partial charge in [-0.2, -0.15) is 0 Å². The van der Waals surface area contributed by atoms with Crippen LogP contribution >= 0.6 is 36.4 Å². The molecule has 4 nitrogen and oxygen atoms in total. The minimum absolute atomic E-state index is 0. The molecule has 150 valence electrons. The van der Waals surface area contributed by atoms with Gasteiger partial charge in [-0.1, -0.05) is 54.8 Å². The molecule has 0 atom stereocenters. The van der Waals surface area contributed by atoms with E-state index in [2.05, 4.69) is 22.8 Å². The molecule has 1 amide bonds. The zero-order chi connectivity index (χ0) is 17.9. The average Bonchev–Trinajstić information content (AvgIpc) is 2.62. The van der Waals surface area contributed by atoms with E-state index in [1.165, 1.54) is 5.56 Å². The minimum Gasteiger partial charge on any atom is -0.379 e. The van der Waals surface area contributed by atoms with Gasteiger partial charge in [-0.25, -0.2) is 0 Å². The molecule has 27 heavy (non-hydrogen) atoms. The van der Waals surface area contributed by atoms with Crippen molar-refractivity contribution in [3.8, 4) is 0 Å². The number of anilines is 2. The van der Waals surface area contributed by atoms with Gasteiger partial charge in [0.15, 0.2) is 0 Å². The summed E-state index contributed by atoms with van der Waals surface area (Å²) >= 11 is 6.09. The highest BCUT2D eigenvalue weighted by atomic mass is 35.5. The first-order valence-corrected chi connectivity index (χ1v) is 9.14. The average molecular weight is 433 g/mol. The fourth-order valence-corrected chi connectivity index (χ4v) is 2.74. The van der Waals surface area contributed by atoms with Crippen LogP contribution < -0.4 is 16.4 Å². The van der Waals surface area contributed by atoms with Gasteiger partial charge < -0.3 is 16.4 Å². The number of unbranched alkanes of at least 4 members (excludes halogenated alkanes) is 3. The predicted molar refractivity (Wildman–Crippen MR) is 120 cm³/mol. The van der Waals surface area contributed by atoms with Crippen molar-refractivity contribution in [3.63, 3.8) is 0 Å². The zero-order valence-electron chi connectivity index (χ0n) is 15.2. The molecule has 0 bridgehead atoms. The van der Waals surface area contributed by atoms with E-state index in [1.54, 1.807) is 6.07 Å². The molecule has 0 aliphatic carbocycles. The van der Waals surface area contributed by atoms with Crippen LogP contribution in [0.15, 0.2) is 48.5 Å². The molecule has 2 aromatic rings. The van der Waals surface area contributed by atoms with Crippen molar-refractivity contribution >= 4 is 53.7 Å². The lowest BCUT2D eigenvalue weighted by Crippen LogP contribution is -2.13. The predicted octanol–water partition coefficient (Wildman–Crippen LogP) is 5.64. The van der Waals surface area contributed by atoms with Crippen LogP contribution in [0, 0.1) is 0 Å². The highest BCUT2D eigenvalue weighted by Crippen LogP contribution is 2.26. The molecule has 0 aliphatic heterocycles. The van der Waals surface area contributed by atoms with Gasteiger partial charge in [0.25, 0.3) is 0 Å². The minimum atomic E-state index is 0. The van der Waals surface area contributed by atoms with Gasteiger partial charge in [-0.15, -0.1) is 24.8 Å². The van der Waals surface area contributed by atoms with Crippen LogP contribution in [0.3, 0.4) is 0 Å². The lowest BCUT2D eigenvalue weighted by Gasteiger charge is -2.14. The van der Waals surface area contributed by atoms with Crippen molar-refractivity contribution < 1.29 is 4.79 Å². The zero-order valence-corrected chi connectivity index (χ0v) is 17.6. The molecule has 2 rings (SSSR count). The largest absolute Gasteiger partial charge is 0.379 e. The van der Waals surface area contributed by atoms with Crippen molar-refractivity contribution in [2.45, 2.75) is 38.6 Å². The summed E-state index contributed by atoms with van der Waals surface area (Å²) < 4.78 is 0. The Hall–Kier alpha value is -1.46. The summed E-state index contributed by atoms with van der Waals surface area (Å²) in [4.78, 5) is 12.2. The van der Waals surface area contributed by atoms with E-state index in [0.717, 1.165) is 37.1 Å². The number of halogens is 3. The molecule has 0 heterocycles. The van der Waals surface area contributed by atoms with E-state index in [1.807, 2.05) is 30.3 Å². The molecule has 0 unspecified atom stereocenters. The summed E-state index contributed by atoms with van der Waals surface area (Å²) in [6.45, 7) is 1.40. The Morgan fingerprint density at radius 1 is 0.926 bits per heavy atom. The Kier molecular flexibility index (Phi) is 13.8. The lowest BCUT2D eigenvalue weighted by molar-refractivity contribution is -0.116. The monoisotopic (exact) mass is 431 g/mol. The maximum absolute atomic E-state index is 12.2. The second-order valence-corrected chi connectivity index (χ2v) is 6.47. The summed E-state index contributed by atoms with van der Waals surface area (Å²) in [6, 6.07) is 15.6. The van der Waals surface area contributed by atoms with E-state index in [-0.39, 0.29) is 30.7 Å². The normalized spacial score (nSPS) is 9.70. The number of benzene rings is 2. The molecule has 0 saturated heterocycles. The molecule has 0 radical (unpaired) electrons. The summed E-state index contributed by atoms with van der Waals surface area (Å²) in [5.41, 5.74) is 8.23. The molecule has 7 heteroatoms. The topological polar surface area (TPSA) is 67.2 Å². The SMILES string of the molecule is Cl.Cl.NCCCCCCC(=O)Nc1cc(Cl)ccc1NCc1ccccc1. The Bertz CT molecular complexity index is 669. The van der Waals surface area contributed by atoms with Crippen LogP contribution in [-0.4, -0.2) is 12.5 Å². The molecular formula is C20H28Cl3N3O. The number of carbonyl (C=O) groups excluding carboxylic acids is 1. The molecular weight excluding hydrogens is 405 g/mol. The molecule has 0 aliphatic rings. The smallest absolute Gasteiger partial charge is 0.224 e. The van der Waals surface area contributed by atoms with E-state index in [0.29, 0.717) is 24.5 Å². The molecule has 0 spiro atoms. The highest BCUT2D eigenvalue weighted by molar-refractivity contribution is 6.31.